The Balaban J connectivity index is 1.73. The van der Waals surface area contributed by atoms with Crippen molar-refractivity contribution in [2.45, 2.75) is 40.0 Å². The number of nitrogens with zero attached hydrogens (tertiary/aromatic N) is 2. The largest absolute Gasteiger partial charge is 0.491 e. The van der Waals surface area contributed by atoms with Crippen molar-refractivity contribution < 1.29 is 28.9 Å². The highest BCUT2D eigenvalue weighted by Gasteiger charge is 2.26. The average Bonchev–Trinajstić information content (AvgIpc) is 3.34. The van der Waals surface area contributed by atoms with E-state index < -0.39 is 5.97 Å². The summed E-state index contributed by atoms with van der Waals surface area (Å²) in [5.41, 5.74) is 2.81. The number of benzene rings is 1. The van der Waals surface area contributed by atoms with Crippen molar-refractivity contribution in [3.8, 4) is 16.9 Å². The summed E-state index contributed by atoms with van der Waals surface area (Å²) in [5, 5.41) is 9.44. The van der Waals surface area contributed by atoms with Gasteiger partial charge < -0.3 is 24.2 Å². The van der Waals surface area contributed by atoms with E-state index in [2.05, 4.69) is 11.8 Å². The highest BCUT2D eigenvalue weighted by molar-refractivity contribution is 5.92. The van der Waals surface area contributed by atoms with Crippen LogP contribution in [0.5, 0.6) is 5.75 Å². The van der Waals surface area contributed by atoms with E-state index >= 15 is 0 Å². The molecule has 0 aliphatic carbocycles. The zero-order chi connectivity index (χ0) is 25.9. The van der Waals surface area contributed by atoms with Crippen LogP contribution in [0.4, 0.5) is 5.82 Å². The molecular weight excluding hydrogens is 460 g/mol. The maximum Gasteiger partial charge on any atom is 0.331 e. The van der Waals surface area contributed by atoms with E-state index in [0.717, 1.165) is 60.7 Å². The molecule has 0 bridgehead atoms. The quantitative estimate of drug-likeness (QED) is 0.239. The number of ether oxygens (including phenoxy) is 3. The first-order chi connectivity index (χ1) is 17.4. The standard InChI is InChI=1S/C28H36N2O6/c1-4-5-12-34-13-14-35-26-8-6-23(7-9-26)25-16-24(15-20(2)28(32)33)27(29-17-25)30-11-10-22(18-30)19-36-21(3)31/h6-9,15-17,22H,4-5,10-14,18-19H2,1-3H3,(H,32,33). The molecule has 8 heteroatoms. The minimum atomic E-state index is -0.972. The molecule has 0 amide bonds. The molecule has 1 aliphatic heterocycles. The molecule has 2 heterocycles. The molecule has 0 saturated carbocycles. The number of hydrogen-bond donors (Lipinski definition) is 1. The second kappa shape index (κ2) is 13.6. The lowest BCUT2D eigenvalue weighted by molar-refractivity contribution is -0.142. The fourth-order valence-corrected chi connectivity index (χ4v) is 4.00. The average molecular weight is 497 g/mol. The van der Waals surface area contributed by atoms with Crippen LogP contribution < -0.4 is 9.64 Å². The van der Waals surface area contributed by atoms with Crippen molar-refractivity contribution >= 4 is 23.8 Å². The van der Waals surface area contributed by atoms with Gasteiger partial charge in [-0.2, -0.15) is 0 Å². The van der Waals surface area contributed by atoms with E-state index in [4.69, 9.17) is 19.2 Å². The number of unbranched alkanes of at least 4 members (excludes halogenated alkanes) is 1. The molecule has 2 aromatic rings. The van der Waals surface area contributed by atoms with Gasteiger partial charge in [-0.05, 0) is 49.6 Å². The van der Waals surface area contributed by atoms with Crippen LogP contribution in [0.25, 0.3) is 17.2 Å². The van der Waals surface area contributed by atoms with Gasteiger partial charge in [-0.15, -0.1) is 0 Å². The number of carboxylic acids is 1. The fourth-order valence-electron chi connectivity index (χ4n) is 4.00. The summed E-state index contributed by atoms with van der Waals surface area (Å²) in [4.78, 5) is 29.5. The van der Waals surface area contributed by atoms with Crippen LogP contribution in [0.1, 0.15) is 45.6 Å². The number of carboxylic acid groups (broad SMARTS) is 1. The van der Waals surface area contributed by atoms with E-state index in [-0.39, 0.29) is 17.5 Å². The molecule has 1 atom stereocenters. The Morgan fingerprint density at radius 1 is 1.14 bits per heavy atom. The van der Waals surface area contributed by atoms with E-state index in [1.165, 1.54) is 6.92 Å². The van der Waals surface area contributed by atoms with Gasteiger partial charge in [0.1, 0.15) is 18.2 Å². The summed E-state index contributed by atoms with van der Waals surface area (Å²) in [5.74, 6) is 0.458. The molecule has 1 N–H and O–H groups in total. The predicted molar refractivity (Wildman–Crippen MR) is 139 cm³/mol. The normalized spacial score (nSPS) is 15.7. The lowest BCUT2D eigenvalue weighted by Gasteiger charge is -2.21. The van der Waals surface area contributed by atoms with Crippen molar-refractivity contribution in [1.82, 2.24) is 4.98 Å². The molecule has 1 aliphatic rings. The third-order valence-electron chi connectivity index (χ3n) is 6.04. The first-order valence-electron chi connectivity index (χ1n) is 12.5. The third kappa shape index (κ3) is 8.09. The summed E-state index contributed by atoms with van der Waals surface area (Å²) in [6.45, 7) is 8.76. The molecule has 1 aromatic carbocycles. The lowest BCUT2D eigenvalue weighted by atomic mass is 10.0. The number of aromatic nitrogens is 1. The smallest absolute Gasteiger partial charge is 0.331 e. The predicted octanol–water partition coefficient (Wildman–Crippen LogP) is 4.82. The van der Waals surface area contributed by atoms with E-state index in [0.29, 0.717) is 26.4 Å². The Morgan fingerprint density at radius 3 is 2.61 bits per heavy atom. The van der Waals surface area contributed by atoms with Crippen molar-refractivity contribution in [2.24, 2.45) is 5.92 Å². The van der Waals surface area contributed by atoms with E-state index in [1.807, 2.05) is 30.3 Å². The second-order valence-corrected chi connectivity index (χ2v) is 9.01. The molecule has 8 nitrogen and oxygen atoms in total. The SMILES string of the molecule is CCCCOCCOc1ccc(-c2cnc(N3CCC(COC(C)=O)C3)c(C=C(C)C(=O)O)c2)cc1. The highest BCUT2D eigenvalue weighted by atomic mass is 16.5. The number of anilines is 1. The van der Waals surface area contributed by atoms with Gasteiger partial charge in [0.25, 0.3) is 0 Å². The van der Waals surface area contributed by atoms with E-state index in [9.17, 15) is 14.7 Å². The van der Waals surface area contributed by atoms with Gasteiger partial charge in [0.2, 0.25) is 0 Å². The van der Waals surface area contributed by atoms with Gasteiger partial charge >= 0.3 is 11.9 Å². The Morgan fingerprint density at radius 2 is 1.92 bits per heavy atom. The first-order valence-corrected chi connectivity index (χ1v) is 12.5. The van der Waals surface area contributed by atoms with Crippen LogP contribution in [0.15, 0.2) is 42.1 Å². The van der Waals surface area contributed by atoms with Gasteiger partial charge in [-0.1, -0.05) is 25.5 Å². The molecule has 1 saturated heterocycles. The molecule has 1 unspecified atom stereocenters. The van der Waals surface area contributed by atoms with Gasteiger partial charge in [0.05, 0.1) is 13.2 Å². The Bertz CT molecular complexity index is 1050. The molecule has 1 fully saturated rings. The van der Waals surface area contributed by atoms with Gasteiger partial charge in [-0.3, -0.25) is 4.79 Å². The molecule has 194 valence electrons. The topological polar surface area (TPSA) is 98.2 Å². The van der Waals surface area contributed by atoms with Crippen LogP contribution in [0.2, 0.25) is 0 Å². The molecule has 36 heavy (non-hydrogen) atoms. The molecular formula is C28H36N2O6. The van der Waals surface area contributed by atoms with E-state index in [1.54, 1.807) is 19.2 Å². The molecule has 0 radical (unpaired) electrons. The Labute approximate surface area is 212 Å². The van der Waals surface area contributed by atoms with Crippen LogP contribution in [0.3, 0.4) is 0 Å². The van der Waals surface area contributed by atoms with Crippen molar-refractivity contribution in [3.05, 3.63) is 47.7 Å². The van der Waals surface area contributed by atoms with Crippen molar-refractivity contribution in [1.29, 1.82) is 0 Å². The molecule has 0 spiro atoms. The summed E-state index contributed by atoms with van der Waals surface area (Å²) >= 11 is 0. The number of esters is 1. The van der Waals surface area contributed by atoms with Crippen LogP contribution in [0, 0.1) is 5.92 Å². The fraction of sp³-hybridized carbons (Fsp3) is 0.464. The Kier molecular flexibility index (Phi) is 10.3. The lowest BCUT2D eigenvalue weighted by Crippen LogP contribution is -2.23. The van der Waals surface area contributed by atoms with Gasteiger partial charge in [0, 0.05) is 55.4 Å². The number of hydrogen-bond acceptors (Lipinski definition) is 7. The van der Waals surface area contributed by atoms with Crippen LogP contribution in [-0.2, 0) is 19.1 Å². The summed E-state index contributed by atoms with van der Waals surface area (Å²) in [6.07, 6.45) is 6.50. The zero-order valence-electron chi connectivity index (χ0n) is 21.4. The summed E-state index contributed by atoms with van der Waals surface area (Å²) in [7, 11) is 0. The maximum atomic E-state index is 11.5. The monoisotopic (exact) mass is 496 g/mol. The summed E-state index contributed by atoms with van der Waals surface area (Å²) < 4.78 is 16.5. The van der Waals surface area contributed by atoms with Crippen LogP contribution >= 0.6 is 0 Å². The van der Waals surface area contributed by atoms with Crippen LogP contribution in [-0.4, -0.2) is 61.5 Å². The minimum Gasteiger partial charge on any atom is -0.491 e. The second-order valence-electron chi connectivity index (χ2n) is 9.01. The first kappa shape index (κ1) is 27.2. The van der Waals surface area contributed by atoms with Crippen molar-refractivity contribution in [3.63, 3.8) is 0 Å². The minimum absolute atomic E-state index is 0.220. The summed E-state index contributed by atoms with van der Waals surface area (Å²) in [6, 6.07) is 9.71. The van der Waals surface area contributed by atoms with Crippen molar-refractivity contribution in [2.75, 3.05) is 44.4 Å². The number of carbonyl (C=O) groups is 2. The maximum absolute atomic E-state index is 11.5. The zero-order valence-corrected chi connectivity index (χ0v) is 21.4. The molecule has 1 aromatic heterocycles. The number of aliphatic carboxylic acids is 1. The van der Waals surface area contributed by atoms with Gasteiger partial charge in [-0.25, -0.2) is 9.78 Å². The highest BCUT2D eigenvalue weighted by Crippen LogP contribution is 2.31. The number of pyridine rings is 1. The van der Waals surface area contributed by atoms with Gasteiger partial charge in [0.15, 0.2) is 0 Å². The Hall–Kier alpha value is -3.39. The third-order valence-corrected chi connectivity index (χ3v) is 6.04. The number of rotatable bonds is 13. The molecule has 3 rings (SSSR count). The number of carbonyl (C=O) groups excluding carboxylic acids is 1.